The van der Waals surface area contributed by atoms with Crippen LogP contribution in [0, 0.1) is 5.92 Å². The SMILES string of the molecule is CN(CC1CC1)S(=O)(=O)CCl. The number of rotatable bonds is 4. The molecule has 66 valence electrons. The van der Waals surface area contributed by atoms with Gasteiger partial charge in [-0.1, -0.05) is 0 Å². The van der Waals surface area contributed by atoms with Gasteiger partial charge in [-0.25, -0.2) is 12.7 Å². The second kappa shape index (κ2) is 3.29. The Morgan fingerprint density at radius 2 is 2.09 bits per heavy atom. The van der Waals surface area contributed by atoms with Gasteiger partial charge >= 0.3 is 0 Å². The van der Waals surface area contributed by atoms with Gasteiger partial charge in [0.2, 0.25) is 10.0 Å². The lowest BCUT2D eigenvalue weighted by Gasteiger charge is -2.13. The highest BCUT2D eigenvalue weighted by atomic mass is 35.5. The maximum absolute atomic E-state index is 11.1. The molecular weight excluding hydrogens is 186 g/mol. The third-order valence-corrected chi connectivity index (χ3v) is 4.03. The van der Waals surface area contributed by atoms with Crippen LogP contribution in [0.15, 0.2) is 0 Å². The van der Waals surface area contributed by atoms with Crippen molar-refractivity contribution in [2.24, 2.45) is 5.92 Å². The third-order valence-electron chi connectivity index (χ3n) is 1.82. The van der Waals surface area contributed by atoms with E-state index in [1.807, 2.05) is 0 Å². The Morgan fingerprint density at radius 1 is 1.55 bits per heavy atom. The zero-order chi connectivity index (χ0) is 8.48. The number of nitrogens with zero attached hydrogens (tertiary/aromatic N) is 1. The quantitative estimate of drug-likeness (QED) is 0.627. The molecular formula is C6H12ClNO2S. The third kappa shape index (κ3) is 2.61. The number of alkyl halides is 1. The van der Waals surface area contributed by atoms with Crippen molar-refractivity contribution in [3.63, 3.8) is 0 Å². The zero-order valence-electron chi connectivity index (χ0n) is 6.46. The van der Waals surface area contributed by atoms with E-state index < -0.39 is 10.0 Å². The number of hydrogen-bond acceptors (Lipinski definition) is 2. The predicted octanol–water partition coefficient (Wildman–Crippen LogP) is 0.854. The minimum atomic E-state index is -3.15. The molecule has 1 saturated carbocycles. The topological polar surface area (TPSA) is 37.4 Å². The summed E-state index contributed by atoms with van der Waals surface area (Å²) in [6.45, 7) is 0.634. The van der Waals surface area contributed by atoms with Gasteiger partial charge in [0, 0.05) is 13.6 Å². The van der Waals surface area contributed by atoms with Gasteiger partial charge in [0.05, 0.1) is 0 Å². The molecule has 0 bridgehead atoms. The Bertz CT molecular complexity index is 223. The largest absolute Gasteiger partial charge is 0.227 e. The van der Waals surface area contributed by atoms with Crippen LogP contribution in [0.3, 0.4) is 0 Å². The van der Waals surface area contributed by atoms with Crippen molar-refractivity contribution < 1.29 is 8.42 Å². The molecule has 0 aromatic carbocycles. The van der Waals surface area contributed by atoms with E-state index in [9.17, 15) is 8.42 Å². The fraction of sp³-hybridized carbons (Fsp3) is 1.00. The summed E-state index contributed by atoms with van der Waals surface area (Å²) in [4.78, 5) is 0. The Labute approximate surface area is 72.4 Å². The average Bonchev–Trinajstić information content (AvgIpc) is 2.72. The van der Waals surface area contributed by atoms with Crippen molar-refractivity contribution in [1.29, 1.82) is 0 Å². The Hall–Kier alpha value is 0.200. The summed E-state index contributed by atoms with van der Waals surface area (Å²) in [6.07, 6.45) is 2.31. The molecule has 1 fully saturated rings. The van der Waals surface area contributed by atoms with Crippen molar-refractivity contribution >= 4 is 21.6 Å². The Balaban J connectivity index is 2.44. The molecule has 11 heavy (non-hydrogen) atoms. The monoisotopic (exact) mass is 197 g/mol. The number of halogens is 1. The van der Waals surface area contributed by atoms with E-state index in [0.717, 1.165) is 12.8 Å². The number of hydrogen-bond donors (Lipinski definition) is 0. The van der Waals surface area contributed by atoms with Crippen LogP contribution in [-0.2, 0) is 10.0 Å². The van der Waals surface area contributed by atoms with E-state index in [-0.39, 0.29) is 5.21 Å². The van der Waals surface area contributed by atoms with E-state index in [4.69, 9.17) is 11.6 Å². The highest BCUT2D eigenvalue weighted by molar-refractivity contribution is 7.90. The lowest BCUT2D eigenvalue weighted by molar-refractivity contribution is 0.456. The molecule has 0 radical (unpaired) electrons. The molecule has 0 spiro atoms. The summed E-state index contributed by atoms with van der Waals surface area (Å²) < 4.78 is 23.5. The summed E-state index contributed by atoms with van der Waals surface area (Å²) >= 11 is 5.26. The fourth-order valence-corrected chi connectivity index (χ4v) is 1.97. The van der Waals surface area contributed by atoms with Crippen LogP contribution in [-0.4, -0.2) is 31.5 Å². The first-order valence-corrected chi connectivity index (χ1v) is 5.70. The van der Waals surface area contributed by atoms with Crippen LogP contribution < -0.4 is 0 Å². The zero-order valence-corrected chi connectivity index (χ0v) is 8.03. The molecule has 0 N–H and O–H groups in total. The predicted molar refractivity (Wildman–Crippen MR) is 45.0 cm³/mol. The smallest absolute Gasteiger partial charge is 0.211 e. The molecule has 0 saturated heterocycles. The van der Waals surface area contributed by atoms with E-state index in [0.29, 0.717) is 12.5 Å². The van der Waals surface area contributed by atoms with Crippen molar-refractivity contribution in [3.05, 3.63) is 0 Å². The van der Waals surface area contributed by atoms with E-state index >= 15 is 0 Å². The lowest BCUT2D eigenvalue weighted by atomic mass is 10.4. The minimum absolute atomic E-state index is 0.309. The number of sulfonamides is 1. The van der Waals surface area contributed by atoms with Gasteiger partial charge in [0.15, 0.2) is 0 Å². The summed E-state index contributed by atoms with van der Waals surface area (Å²) in [5.41, 5.74) is 0. The van der Waals surface area contributed by atoms with Crippen LogP contribution in [0.2, 0.25) is 0 Å². The van der Waals surface area contributed by atoms with Crippen molar-refractivity contribution in [2.45, 2.75) is 12.8 Å². The second-order valence-corrected chi connectivity index (χ2v) is 5.60. The molecule has 0 atom stereocenters. The summed E-state index contributed by atoms with van der Waals surface area (Å²) in [6, 6.07) is 0. The van der Waals surface area contributed by atoms with E-state index in [1.54, 1.807) is 7.05 Å². The summed E-state index contributed by atoms with van der Waals surface area (Å²) in [7, 11) is -1.58. The van der Waals surface area contributed by atoms with Gasteiger partial charge in [-0.3, -0.25) is 0 Å². The maximum atomic E-state index is 11.1. The first kappa shape index (κ1) is 9.29. The molecule has 1 aliphatic rings. The molecule has 0 aliphatic heterocycles. The highest BCUT2D eigenvalue weighted by Crippen LogP contribution is 2.29. The van der Waals surface area contributed by atoms with Crippen LogP contribution in [0.5, 0.6) is 0 Å². The molecule has 0 heterocycles. The van der Waals surface area contributed by atoms with Crippen LogP contribution in [0.4, 0.5) is 0 Å². The molecule has 0 aromatic rings. The summed E-state index contributed by atoms with van der Waals surface area (Å²) in [5, 5.41) is -0.309. The van der Waals surface area contributed by atoms with Crippen molar-refractivity contribution in [2.75, 3.05) is 18.8 Å². The fourth-order valence-electron chi connectivity index (χ4n) is 0.861. The molecule has 5 heteroatoms. The second-order valence-electron chi connectivity index (χ2n) is 2.94. The highest BCUT2D eigenvalue weighted by Gasteiger charge is 2.27. The van der Waals surface area contributed by atoms with Crippen LogP contribution in [0.25, 0.3) is 0 Å². The standard InChI is InChI=1S/C6H12ClNO2S/c1-8(4-6-2-3-6)11(9,10)5-7/h6H,2-5H2,1H3. The van der Waals surface area contributed by atoms with Gasteiger partial charge in [0.25, 0.3) is 0 Å². The first-order chi connectivity index (χ1) is 5.06. The van der Waals surface area contributed by atoms with Crippen LogP contribution >= 0.6 is 11.6 Å². The van der Waals surface area contributed by atoms with E-state index in [2.05, 4.69) is 0 Å². The maximum Gasteiger partial charge on any atom is 0.227 e. The molecule has 3 nitrogen and oxygen atoms in total. The van der Waals surface area contributed by atoms with Crippen molar-refractivity contribution in [1.82, 2.24) is 4.31 Å². The van der Waals surface area contributed by atoms with Gasteiger partial charge < -0.3 is 0 Å². The molecule has 0 unspecified atom stereocenters. The average molecular weight is 198 g/mol. The van der Waals surface area contributed by atoms with Gasteiger partial charge in [-0.15, -0.1) is 11.6 Å². The van der Waals surface area contributed by atoms with Gasteiger partial charge in [-0.2, -0.15) is 0 Å². The molecule has 1 aliphatic carbocycles. The lowest BCUT2D eigenvalue weighted by Crippen LogP contribution is -2.29. The Kier molecular flexibility index (Phi) is 2.78. The van der Waals surface area contributed by atoms with Crippen molar-refractivity contribution in [3.8, 4) is 0 Å². The first-order valence-electron chi connectivity index (χ1n) is 3.56. The van der Waals surface area contributed by atoms with E-state index in [1.165, 1.54) is 4.31 Å². The molecule has 0 aromatic heterocycles. The van der Waals surface area contributed by atoms with Gasteiger partial charge in [-0.05, 0) is 18.8 Å². The normalized spacial score (nSPS) is 19.2. The van der Waals surface area contributed by atoms with Gasteiger partial charge in [0.1, 0.15) is 5.21 Å². The minimum Gasteiger partial charge on any atom is -0.211 e. The molecule has 0 amide bonds. The molecule has 1 rings (SSSR count). The van der Waals surface area contributed by atoms with Crippen LogP contribution in [0.1, 0.15) is 12.8 Å². The Morgan fingerprint density at radius 3 is 2.45 bits per heavy atom. The summed E-state index contributed by atoms with van der Waals surface area (Å²) in [5.74, 6) is 0.581.